The van der Waals surface area contributed by atoms with E-state index in [2.05, 4.69) is 15.5 Å². The molecular formula is C20H17Cl2N3O2S. The number of amides is 1. The average molecular weight is 434 g/mol. The number of hydrazone groups is 1. The van der Waals surface area contributed by atoms with Crippen molar-refractivity contribution in [3.05, 3.63) is 63.8 Å². The Bertz CT molecular complexity index is 1060. The van der Waals surface area contributed by atoms with Crippen LogP contribution in [0.2, 0.25) is 10.0 Å². The molecule has 0 aliphatic heterocycles. The fourth-order valence-corrected chi connectivity index (χ4v) is 3.93. The van der Waals surface area contributed by atoms with E-state index in [4.69, 9.17) is 27.9 Å². The zero-order valence-corrected chi connectivity index (χ0v) is 17.5. The highest BCUT2D eigenvalue weighted by atomic mass is 35.5. The smallest absolute Gasteiger partial charge is 0.250 e. The van der Waals surface area contributed by atoms with Gasteiger partial charge in [0, 0.05) is 26.6 Å². The Labute approximate surface area is 177 Å². The third kappa shape index (κ3) is 4.95. The number of methoxy groups -OCH3 is 1. The van der Waals surface area contributed by atoms with Crippen LogP contribution < -0.4 is 10.2 Å². The Morgan fingerprint density at radius 3 is 2.86 bits per heavy atom. The molecule has 0 radical (unpaired) electrons. The first kappa shape index (κ1) is 20.5. The van der Waals surface area contributed by atoms with Crippen molar-refractivity contribution in [3.63, 3.8) is 0 Å². The van der Waals surface area contributed by atoms with Gasteiger partial charge in [-0.3, -0.25) is 4.79 Å². The minimum atomic E-state index is -0.225. The van der Waals surface area contributed by atoms with Crippen LogP contribution in [0.25, 0.3) is 10.9 Å². The van der Waals surface area contributed by atoms with Gasteiger partial charge in [0.05, 0.1) is 24.1 Å². The number of nitrogens with zero attached hydrogens (tertiary/aromatic N) is 2. The highest BCUT2D eigenvalue weighted by Gasteiger charge is 2.10. The number of aromatic nitrogens is 1. The molecule has 5 nitrogen and oxygen atoms in total. The maximum absolute atomic E-state index is 12.1. The van der Waals surface area contributed by atoms with Gasteiger partial charge in [0.15, 0.2) is 0 Å². The van der Waals surface area contributed by atoms with Crippen LogP contribution in [-0.2, 0) is 4.79 Å². The average Bonchev–Trinajstić information content (AvgIpc) is 2.67. The van der Waals surface area contributed by atoms with Crippen LogP contribution in [0, 0.1) is 6.92 Å². The number of nitrogens with one attached hydrogen (secondary N) is 1. The van der Waals surface area contributed by atoms with E-state index in [-0.39, 0.29) is 11.7 Å². The van der Waals surface area contributed by atoms with Gasteiger partial charge in [0.25, 0.3) is 0 Å². The molecule has 1 aromatic heterocycles. The molecule has 0 atom stereocenters. The number of fused-ring (bicyclic) bond motifs is 1. The van der Waals surface area contributed by atoms with Gasteiger partial charge in [-0.2, -0.15) is 5.10 Å². The van der Waals surface area contributed by atoms with Crippen molar-refractivity contribution in [3.8, 4) is 5.75 Å². The predicted molar refractivity (Wildman–Crippen MR) is 116 cm³/mol. The lowest BCUT2D eigenvalue weighted by atomic mass is 10.2. The van der Waals surface area contributed by atoms with Crippen molar-refractivity contribution >= 4 is 58.0 Å². The summed E-state index contributed by atoms with van der Waals surface area (Å²) in [5.74, 6) is 0.690. The number of aryl methyl sites for hydroxylation is 1. The number of halogens is 2. The summed E-state index contributed by atoms with van der Waals surface area (Å²) in [4.78, 5) is 17.7. The molecule has 0 unspecified atom stereocenters. The molecular weight excluding hydrogens is 417 g/mol. The number of para-hydroxylation sites is 1. The summed E-state index contributed by atoms with van der Waals surface area (Å²) in [6, 6.07) is 12.7. The number of benzene rings is 2. The Morgan fingerprint density at radius 2 is 2.11 bits per heavy atom. The number of hydrogen-bond donors (Lipinski definition) is 1. The summed E-state index contributed by atoms with van der Waals surface area (Å²) in [6.07, 6.45) is 1.48. The van der Waals surface area contributed by atoms with Crippen LogP contribution in [0.3, 0.4) is 0 Å². The maximum atomic E-state index is 12.1. The van der Waals surface area contributed by atoms with E-state index in [9.17, 15) is 4.79 Å². The lowest BCUT2D eigenvalue weighted by Gasteiger charge is -2.10. The lowest BCUT2D eigenvalue weighted by Crippen LogP contribution is -2.19. The summed E-state index contributed by atoms with van der Waals surface area (Å²) in [5, 5.41) is 5.90. The second-order valence-electron chi connectivity index (χ2n) is 5.87. The second kappa shape index (κ2) is 9.28. The molecule has 1 heterocycles. The fraction of sp³-hybridized carbons (Fsp3) is 0.150. The third-order valence-electron chi connectivity index (χ3n) is 3.83. The highest BCUT2D eigenvalue weighted by molar-refractivity contribution is 8.00. The van der Waals surface area contributed by atoms with Crippen molar-refractivity contribution in [2.75, 3.05) is 12.9 Å². The van der Waals surface area contributed by atoms with Crippen molar-refractivity contribution in [2.24, 2.45) is 5.10 Å². The van der Waals surface area contributed by atoms with E-state index in [0.29, 0.717) is 21.4 Å². The van der Waals surface area contributed by atoms with Crippen LogP contribution in [-0.4, -0.2) is 30.0 Å². The van der Waals surface area contributed by atoms with E-state index < -0.39 is 0 Å². The standard InChI is InChI=1S/C20H17Cl2N3O2S/c1-12-8-18(15-4-3-5-17(27-2)20(15)24-12)28-11-19(26)25-23-10-13-6-7-14(21)9-16(13)22/h3-10H,11H2,1-2H3,(H,25,26)/b23-10+. The number of carbonyl (C=O) groups is 1. The summed E-state index contributed by atoms with van der Waals surface area (Å²) >= 11 is 13.3. The van der Waals surface area contributed by atoms with E-state index in [0.717, 1.165) is 21.5 Å². The zero-order valence-electron chi connectivity index (χ0n) is 15.2. The largest absolute Gasteiger partial charge is 0.494 e. The van der Waals surface area contributed by atoms with E-state index >= 15 is 0 Å². The van der Waals surface area contributed by atoms with Gasteiger partial charge >= 0.3 is 0 Å². The molecule has 1 amide bonds. The van der Waals surface area contributed by atoms with Gasteiger partial charge < -0.3 is 4.74 Å². The van der Waals surface area contributed by atoms with Crippen LogP contribution in [0.15, 0.2) is 52.5 Å². The topological polar surface area (TPSA) is 63.6 Å². The predicted octanol–water partition coefficient (Wildman–Crippen LogP) is 5.10. The SMILES string of the molecule is COc1cccc2c(SCC(=O)N/N=C/c3ccc(Cl)cc3Cl)cc(C)nc12. The summed E-state index contributed by atoms with van der Waals surface area (Å²) in [5.41, 5.74) is 4.81. The number of carbonyl (C=O) groups excluding carboxylic acids is 1. The van der Waals surface area contributed by atoms with Gasteiger partial charge in [-0.15, -0.1) is 11.8 Å². The normalized spacial score (nSPS) is 11.1. The number of thioether (sulfide) groups is 1. The first-order chi connectivity index (χ1) is 13.5. The van der Waals surface area contributed by atoms with Crippen LogP contribution in [0.1, 0.15) is 11.3 Å². The molecule has 28 heavy (non-hydrogen) atoms. The Morgan fingerprint density at radius 1 is 1.29 bits per heavy atom. The molecule has 0 spiro atoms. The monoisotopic (exact) mass is 433 g/mol. The Balaban J connectivity index is 1.67. The molecule has 8 heteroatoms. The van der Waals surface area contributed by atoms with E-state index in [1.807, 2.05) is 31.2 Å². The first-order valence-electron chi connectivity index (χ1n) is 8.32. The van der Waals surface area contributed by atoms with Crippen LogP contribution in [0.4, 0.5) is 0 Å². The van der Waals surface area contributed by atoms with Gasteiger partial charge in [-0.25, -0.2) is 10.4 Å². The van der Waals surface area contributed by atoms with Crippen LogP contribution in [0.5, 0.6) is 5.75 Å². The Hall–Kier alpha value is -2.28. The Kier molecular flexibility index (Phi) is 6.78. The molecule has 0 aliphatic rings. The highest BCUT2D eigenvalue weighted by Crippen LogP contribution is 2.32. The number of rotatable bonds is 6. The molecule has 2 aromatic carbocycles. The van der Waals surface area contributed by atoms with E-state index in [1.54, 1.807) is 25.3 Å². The first-order valence-corrected chi connectivity index (χ1v) is 10.1. The fourth-order valence-electron chi connectivity index (χ4n) is 2.55. The van der Waals surface area contributed by atoms with Gasteiger partial charge in [0.1, 0.15) is 11.3 Å². The summed E-state index contributed by atoms with van der Waals surface area (Å²) in [7, 11) is 1.62. The molecule has 144 valence electrons. The number of ether oxygens (including phenoxy) is 1. The molecule has 1 N–H and O–H groups in total. The minimum absolute atomic E-state index is 0.210. The summed E-state index contributed by atoms with van der Waals surface area (Å²) < 4.78 is 5.39. The minimum Gasteiger partial charge on any atom is -0.494 e. The molecule has 0 saturated carbocycles. The number of hydrogen-bond acceptors (Lipinski definition) is 5. The van der Waals surface area contributed by atoms with Crippen molar-refractivity contribution < 1.29 is 9.53 Å². The maximum Gasteiger partial charge on any atom is 0.250 e. The third-order valence-corrected chi connectivity index (χ3v) is 5.44. The lowest BCUT2D eigenvalue weighted by molar-refractivity contribution is -0.118. The quantitative estimate of drug-likeness (QED) is 0.333. The van der Waals surface area contributed by atoms with Gasteiger partial charge in [-0.1, -0.05) is 41.4 Å². The van der Waals surface area contributed by atoms with Crippen LogP contribution >= 0.6 is 35.0 Å². The molecule has 3 aromatic rings. The summed E-state index contributed by atoms with van der Waals surface area (Å²) in [6.45, 7) is 1.91. The molecule has 0 bridgehead atoms. The molecule has 0 fully saturated rings. The van der Waals surface area contributed by atoms with E-state index in [1.165, 1.54) is 18.0 Å². The van der Waals surface area contributed by atoms with Crippen molar-refractivity contribution in [1.29, 1.82) is 0 Å². The molecule has 0 aliphatic carbocycles. The number of pyridine rings is 1. The van der Waals surface area contributed by atoms with Gasteiger partial charge in [0.2, 0.25) is 5.91 Å². The van der Waals surface area contributed by atoms with Gasteiger partial charge in [-0.05, 0) is 31.2 Å². The van der Waals surface area contributed by atoms with Crippen molar-refractivity contribution in [1.82, 2.24) is 10.4 Å². The van der Waals surface area contributed by atoms with Crippen molar-refractivity contribution in [2.45, 2.75) is 11.8 Å². The molecule has 3 rings (SSSR count). The molecule has 0 saturated heterocycles. The second-order valence-corrected chi connectivity index (χ2v) is 7.73. The zero-order chi connectivity index (χ0) is 20.1.